The van der Waals surface area contributed by atoms with Crippen LogP contribution in [0.4, 0.5) is 4.39 Å². The number of aryl methyl sites for hydroxylation is 1. The minimum Gasteiger partial charge on any atom is -0.336 e. The van der Waals surface area contributed by atoms with Crippen molar-refractivity contribution in [2.45, 2.75) is 39.8 Å². The fraction of sp³-hybridized carbons (Fsp3) is 0.500. The van der Waals surface area contributed by atoms with Gasteiger partial charge in [-0.15, -0.1) is 11.3 Å². The summed E-state index contributed by atoms with van der Waals surface area (Å²) in [5, 5.41) is 0.918. The van der Waals surface area contributed by atoms with E-state index in [0.717, 1.165) is 41.5 Å². The highest BCUT2D eigenvalue weighted by Crippen LogP contribution is 2.22. The van der Waals surface area contributed by atoms with Crippen molar-refractivity contribution in [2.75, 3.05) is 19.6 Å². The molecular weight excluding hydrogens is 349 g/mol. The maximum Gasteiger partial charge on any atom is 0.265 e. The Bertz CT molecular complexity index is 744. The molecular formula is C20H26FN3OS. The molecule has 0 unspecified atom stereocenters. The molecule has 0 saturated carbocycles. The Labute approximate surface area is 158 Å². The second-order valence-electron chi connectivity index (χ2n) is 7.26. The molecule has 3 rings (SSSR count). The number of carbonyl (C=O) groups excluding carboxylic acids is 1. The molecule has 0 aliphatic carbocycles. The first-order chi connectivity index (χ1) is 12.4. The van der Waals surface area contributed by atoms with Gasteiger partial charge < -0.3 is 4.90 Å². The molecule has 0 radical (unpaired) electrons. The summed E-state index contributed by atoms with van der Waals surface area (Å²) in [5.41, 5.74) is 1.11. The van der Waals surface area contributed by atoms with Gasteiger partial charge >= 0.3 is 0 Å². The van der Waals surface area contributed by atoms with E-state index >= 15 is 0 Å². The average Bonchev–Trinajstić information content (AvgIpc) is 2.93. The van der Waals surface area contributed by atoms with Crippen LogP contribution < -0.4 is 0 Å². The summed E-state index contributed by atoms with van der Waals surface area (Å²) in [7, 11) is 0. The van der Waals surface area contributed by atoms with Crippen molar-refractivity contribution >= 4 is 17.2 Å². The molecule has 0 N–H and O–H groups in total. The summed E-state index contributed by atoms with van der Waals surface area (Å²) in [5.74, 6) is 0.304. The van der Waals surface area contributed by atoms with E-state index in [-0.39, 0.29) is 17.8 Å². The lowest BCUT2D eigenvalue weighted by atomic mass is 10.0. The molecule has 4 nitrogen and oxygen atoms in total. The van der Waals surface area contributed by atoms with Crippen molar-refractivity contribution in [1.82, 2.24) is 14.8 Å². The van der Waals surface area contributed by atoms with E-state index in [1.54, 1.807) is 6.20 Å². The second-order valence-corrected chi connectivity index (χ2v) is 8.49. The van der Waals surface area contributed by atoms with E-state index in [0.29, 0.717) is 12.5 Å². The van der Waals surface area contributed by atoms with Gasteiger partial charge in [0.2, 0.25) is 0 Å². The maximum absolute atomic E-state index is 13.2. The van der Waals surface area contributed by atoms with Crippen LogP contribution in [0.15, 0.2) is 30.5 Å². The van der Waals surface area contributed by atoms with Gasteiger partial charge in [-0.2, -0.15) is 0 Å². The van der Waals surface area contributed by atoms with Crippen LogP contribution in [0.5, 0.6) is 0 Å². The smallest absolute Gasteiger partial charge is 0.265 e. The summed E-state index contributed by atoms with van der Waals surface area (Å²) in [6.45, 7) is 9.52. The largest absolute Gasteiger partial charge is 0.336 e. The molecule has 1 fully saturated rings. The fourth-order valence-corrected chi connectivity index (χ4v) is 4.26. The van der Waals surface area contributed by atoms with E-state index in [9.17, 15) is 9.18 Å². The minimum atomic E-state index is -0.207. The standard InChI is InChI=1S/C20H26FN3OS/c1-14(2)18-13-24(20(25)19-11-22-15(3)26-19)10-4-9-23(18)12-16-5-7-17(21)8-6-16/h5-8,11,14,18H,4,9-10,12-13H2,1-3H3/t18-/m1/s1. The highest BCUT2D eigenvalue weighted by Gasteiger charge is 2.30. The highest BCUT2D eigenvalue weighted by molar-refractivity contribution is 7.13. The average molecular weight is 376 g/mol. The molecule has 1 aliphatic rings. The third kappa shape index (κ3) is 4.48. The molecule has 26 heavy (non-hydrogen) atoms. The van der Waals surface area contributed by atoms with Crippen molar-refractivity contribution in [3.8, 4) is 0 Å². The van der Waals surface area contributed by atoms with Gasteiger partial charge in [-0.3, -0.25) is 9.69 Å². The maximum atomic E-state index is 13.2. The zero-order valence-corrected chi connectivity index (χ0v) is 16.4. The van der Waals surface area contributed by atoms with Crippen LogP contribution in [0.1, 0.15) is 40.5 Å². The lowest BCUT2D eigenvalue weighted by Gasteiger charge is -2.34. The number of amides is 1. The van der Waals surface area contributed by atoms with Gasteiger partial charge in [-0.1, -0.05) is 26.0 Å². The SMILES string of the molecule is Cc1ncc(C(=O)N2CCCN(Cc3ccc(F)cc3)[C@@H](C(C)C)C2)s1. The minimum absolute atomic E-state index is 0.0879. The van der Waals surface area contributed by atoms with Crippen LogP contribution >= 0.6 is 11.3 Å². The molecule has 0 bridgehead atoms. The first-order valence-electron chi connectivity index (χ1n) is 9.14. The Morgan fingerprint density at radius 2 is 2.04 bits per heavy atom. The Kier molecular flexibility index (Phi) is 6.04. The first-order valence-corrected chi connectivity index (χ1v) is 9.96. The van der Waals surface area contributed by atoms with Crippen LogP contribution in [-0.4, -0.2) is 46.4 Å². The lowest BCUT2D eigenvalue weighted by molar-refractivity contribution is 0.0707. The monoisotopic (exact) mass is 375 g/mol. The Morgan fingerprint density at radius 1 is 1.31 bits per heavy atom. The van der Waals surface area contributed by atoms with E-state index in [2.05, 4.69) is 23.7 Å². The van der Waals surface area contributed by atoms with Crippen molar-refractivity contribution in [3.05, 3.63) is 51.7 Å². The molecule has 1 aliphatic heterocycles. The highest BCUT2D eigenvalue weighted by atomic mass is 32.1. The number of halogens is 1. The number of nitrogens with zero attached hydrogens (tertiary/aromatic N) is 3. The summed E-state index contributed by atoms with van der Waals surface area (Å²) >= 11 is 1.46. The van der Waals surface area contributed by atoms with E-state index < -0.39 is 0 Å². The summed E-state index contributed by atoms with van der Waals surface area (Å²) in [6.07, 6.45) is 2.63. The van der Waals surface area contributed by atoms with Gasteiger partial charge in [0.25, 0.3) is 5.91 Å². The van der Waals surface area contributed by atoms with Crippen LogP contribution in [0.25, 0.3) is 0 Å². The molecule has 2 aromatic rings. The zero-order chi connectivity index (χ0) is 18.7. The molecule has 1 atom stereocenters. The Morgan fingerprint density at radius 3 is 2.65 bits per heavy atom. The third-order valence-corrected chi connectivity index (χ3v) is 5.84. The molecule has 1 saturated heterocycles. The van der Waals surface area contributed by atoms with Gasteiger partial charge in [0, 0.05) is 32.2 Å². The number of rotatable bonds is 4. The number of thiazole rings is 1. The number of carbonyl (C=O) groups is 1. The molecule has 1 aromatic heterocycles. The van der Waals surface area contributed by atoms with Crippen LogP contribution in [0, 0.1) is 18.7 Å². The molecule has 140 valence electrons. The molecule has 1 amide bonds. The summed E-state index contributed by atoms with van der Waals surface area (Å²) in [6, 6.07) is 7.00. The predicted octanol–water partition coefficient (Wildman–Crippen LogP) is 3.96. The van der Waals surface area contributed by atoms with Gasteiger partial charge in [0.05, 0.1) is 11.2 Å². The summed E-state index contributed by atoms with van der Waals surface area (Å²) in [4.78, 5) is 22.2. The van der Waals surface area contributed by atoms with E-state index in [4.69, 9.17) is 0 Å². The molecule has 6 heteroatoms. The number of aromatic nitrogens is 1. The van der Waals surface area contributed by atoms with Crippen LogP contribution in [0.3, 0.4) is 0 Å². The van der Waals surface area contributed by atoms with Gasteiger partial charge in [-0.05, 0) is 37.0 Å². The number of hydrogen-bond acceptors (Lipinski definition) is 4. The normalized spacial score (nSPS) is 19.0. The van der Waals surface area contributed by atoms with E-state index in [1.807, 2.05) is 24.0 Å². The molecule has 2 heterocycles. The van der Waals surface area contributed by atoms with Gasteiger partial charge in [0.1, 0.15) is 10.7 Å². The fourth-order valence-electron chi connectivity index (χ4n) is 3.52. The van der Waals surface area contributed by atoms with Crippen molar-refractivity contribution in [2.24, 2.45) is 5.92 Å². The summed E-state index contributed by atoms with van der Waals surface area (Å²) < 4.78 is 13.2. The van der Waals surface area contributed by atoms with Gasteiger partial charge in [0.15, 0.2) is 0 Å². The topological polar surface area (TPSA) is 36.4 Å². The second kappa shape index (κ2) is 8.27. The van der Waals surface area contributed by atoms with Crippen LogP contribution in [-0.2, 0) is 6.54 Å². The third-order valence-electron chi connectivity index (χ3n) is 4.94. The number of hydrogen-bond donors (Lipinski definition) is 0. The van der Waals surface area contributed by atoms with Crippen molar-refractivity contribution < 1.29 is 9.18 Å². The van der Waals surface area contributed by atoms with Gasteiger partial charge in [-0.25, -0.2) is 9.37 Å². The molecule has 0 spiro atoms. The van der Waals surface area contributed by atoms with Crippen molar-refractivity contribution in [3.63, 3.8) is 0 Å². The lowest BCUT2D eigenvalue weighted by Crippen LogP contribution is -2.45. The Hall–Kier alpha value is -1.79. The first kappa shape index (κ1) is 19.0. The van der Waals surface area contributed by atoms with Crippen molar-refractivity contribution in [1.29, 1.82) is 0 Å². The van der Waals surface area contributed by atoms with Crippen LogP contribution in [0.2, 0.25) is 0 Å². The Balaban J connectivity index is 1.74. The quantitative estimate of drug-likeness (QED) is 0.811. The zero-order valence-electron chi connectivity index (χ0n) is 15.6. The van der Waals surface area contributed by atoms with E-state index in [1.165, 1.54) is 23.5 Å². The molecule has 1 aromatic carbocycles. The number of benzene rings is 1. The predicted molar refractivity (Wildman–Crippen MR) is 103 cm³/mol.